The minimum atomic E-state index is -0.421. The van der Waals surface area contributed by atoms with Gasteiger partial charge in [0.25, 0.3) is 0 Å². The molecule has 18 heavy (non-hydrogen) atoms. The number of nitrogens with one attached hydrogen (secondary N) is 1. The summed E-state index contributed by atoms with van der Waals surface area (Å²) in [6, 6.07) is 9.70. The lowest BCUT2D eigenvalue weighted by Gasteiger charge is -2.25. The molecule has 0 radical (unpaired) electrons. The van der Waals surface area contributed by atoms with Crippen molar-refractivity contribution in [2.75, 3.05) is 6.61 Å². The van der Waals surface area contributed by atoms with Gasteiger partial charge in [-0.1, -0.05) is 44.2 Å². The number of ether oxygens (including phenoxy) is 1. The molecule has 1 amide bonds. The highest BCUT2D eigenvalue weighted by atomic mass is 16.5. The third-order valence-electron chi connectivity index (χ3n) is 3.18. The molecule has 0 bridgehead atoms. The SMILES string of the molecule is CCC(N)(CC)COC(=O)NCc1ccccc1. The van der Waals surface area contributed by atoms with Crippen LogP contribution >= 0.6 is 0 Å². The highest BCUT2D eigenvalue weighted by Gasteiger charge is 2.22. The first-order chi connectivity index (χ1) is 8.59. The molecule has 1 rings (SSSR count). The maximum atomic E-state index is 11.5. The van der Waals surface area contributed by atoms with Gasteiger partial charge in [-0.3, -0.25) is 0 Å². The zero-order chi connectivity index (χ0) is 13.4. The fourth-order valence-corrected chi connectivity index (χ4v) is 1.48. The number of hydrogen-bond acceptors (Lipinski definition) is 3. The summed E-state index contributed by atoms with van der Waals surface area (Å²) in [4.78, 5) is 11.5. The molecule has 100 valence electrons. The van der Waals surface area contributed by atoms with Crippen LogP contribution in [0.4, 0.5) is 4.79 Å². The average molecular weight is 250 g/mol. The van der Waals surface area contributed by atoms with Crippen LogP contribution in [0.2, 0.25) is 0 Å². The summed E-state index contributed by atoms with van der Waals surface area (Å²) in [6.07, 6.45) is 1.15. The van der Waals surface area contributed by atoms with Crippen molar-refractivity contribution in [1.29, 1.82) is 0 Å². The van der Waals surface area contributed by atoms with Gasteiger partial charge in [-0.05, 0) is 18.4 Å². The largest absolute Gasteiger partial charge is 0.448 e. The Morgan fingerprint density at radius 1 is 1.28 bits per heavy atom. The highest BCUT2D eigenvalue weighted by Crippen LogP contribution is 2.11. The molecular weight excluding hydrogens is 228 g/mol. The molecular formula is C14H22N2O2. The monoisotopic (exact) mass is 250 g/mol. The first kappa shape index (κ1) is 14.5. The Hall–Kier alpha value is -1.55. The maximum Gasteiger partial charge on any atom is 0.407 e. The van der Waals surface area contributed by atoms with Crippen molar-refractivity contribution in [3.63, 3.8) is 0 Å². The number of carbonyl (C=O) groups is 1. The van der Waals surface area contributed by atoms with Crippen molar-refractivity contribution in [2.24, 2.45) is 5.73 Å². The van der Waals surface area contributed by atoms with E-state index in [1.807, 2.05) is 44.2 Å². The van der Waals surface area contributed by atoms with Gasteiger partial charge in [0.15, 0.2) is 0 Å². The predicted octanol–water partition coefficient (Wildman–Crippen LogP) is 2.43. The summed E-state index contributed by atoms with van der Waals surface area (Å²) < 4.78 is 5.14. The van der Waals surface area contributed by atoms with Crippen LogP contribution in [-0.2, 0) is 11.3 Å². The third-order valence-corrected chi connectivity index (χ3v) is 3.18. The van der Waals surface area contributed by atoms with Gasteiger partial charge in [-0.15, -0.1) is 0 Å². The second kappa shape index (κ2) is 7.01. The van der Waals surface area contributed by atoms with Gasteiger partial charge in [-0.2, -0.15) is 0 Å². The lowest BCUT2D eigenvalue weighted by molar-refractivity contribution is 0.112. The zero-order valence-corrected chi connectivity index (χ0v) is 11.1. The van der Waals surface area contributed by atoms with Gasteiger partial charge in [0, 0.05) is 12.1 Å². The number of carbonyl (C=O) groups excluding carboxylic acids is 1. The fourth-order valence-electron chi connectivity index (χ4n) is 1.48. The minimum absolute atomic E-state index is 0.251. The van der Waals surface area contributed by atoms with Crippen LogP contribution in [0, 0.1) is 0 Å². The molecule has 0 fully saturated rings. The van der Waals surface area contributed by atoms with E-state index in [-0.39, 0.29) is 6.61 Å². The molecule has 0 aliphatic rings. The average Bonchev–Trinajstić information content (AvgIpc) is 2.43. The molecule has 0 spiro atoms. The molecule has 0 aliphatic carbocycles. The van der Waals surface area contributed by atoms with E-state index in [1.165, 1.54) is 0 Å². The number of amides is 1. The number of hydrogen-bond donors (Lipinski definition) is 2. The van der Waals surface area contributed by atoms with Crippen LogP contribution in [0.1, 0.15) is 32.3 Å². The molecule has 0 aromatic heterocycles. The molecule has 3 N–H and O–H groups in total. The smallest absolute Gasteiger partial charge is 0.407 e. The molecule has 0 aliphatic heterocycles. The summed E-state index contributed by atoms with van der Waals surface area (Å²) in [5.74, 6) is 0. The Morgan fingerprint density at radius 2 is 1.89 bits per heavy atom. The van der Waals surface area contributed by atoms with E-state index in [2.05, 4.69) is 5.32 Å². The summed E-state index contributed by atoms with van der Waals surface area (Å²) in [6.45, 7) is 4.71. The number of rotatable bonds is 6. The van der Waals surface area contributed by atoms with Crippen molar-refractivity contribution in [1.82, 2.24) is 5.32 Å². The number of benzene rings is 1. The van der Waals surface area contributed by atoms with Crippen molar-refractivity contribution < 1.29 is 9.53 Å². The second-order valence-corrected chi connectivity index (χ2v) is 4.48. The summed E-state index contributed by atoms with van der Waals surface area (Å²) >= 11 is 0. The van der Waals surface area contributed by atoms with Gasteiger partial charge in [0.05, 0.1) is 0 Å². The molecule has 0 heterocycles. The molecule has 4 nitrogen and oxygen atoms in total. The van der Waals surface area contributed by atoms with Crippen molar-refractivity contribution in [3.05, 3.63) is 35.9 Å². The van der Waals surface area contributed by atoms with E-state index in [0.717, 1.165) is 18.4 Å². The van der Waals surface area contributed by atoms with E-state index >= 15 is 0 Å². The summed E-state index contributed by atoms with van der Waals surface area (Å²) in [5.41, 5.74) is 6.68. The van der Waals surface area contributed by atoms with Gasteiger partial charge in [0.1, 0.15) is 6.61 Å². The summed E-state index contributed by atoms with van der Waals surface area (Å²) in [7, 11) is 0. The topological polar surface area (TPSA) is 64.3 Å². The molecule has 1 aromatic rings. The molecule has 0 atom stereocenters. The van der Waals surface area contributed by atoms with E-state index in [4.69, 9.17) is 10.5 Å². The van der Waals surface area contributed by atoms with Gasteiger partial charge >= 0.3 is 6.09 Å². The van der Waals surface area contributed by atoms with Crippen LogP contribution in [0.3, 0.4) is 0 Å². The Labute approximate surface area is 109 Å². The maximum absolute atomic E-state index is 11.5. The normalized spacial score (nSPS) is 11.1. The molecule has 0 unspecified atom stereocenters. The summed E-state index contributed by atoms with van der Waals surface area (Å²) in [5, 5.41) is 2.70. The second-order valence-electron chi connectivity index (χ2n) is 4.48. The van der Waals surface area contributed by atoms with E-state index in [0.29, 0.717) is 6.54 Å². The van der Waals surface area contributed by atoms with Gasteiger partial charge in [-0.25, -0.2) is 4.79 Å². The lowest BCUT2D eigenvalue weighted by atomic mass is 9.96. The van der Waals surface area contributed by atoms with Crippen LogP contribution in [0.15, 0.2) is 30.3 Å². The third kappa shape index (κ3) is 4.75. The van der Waals surface area contributed by atoms with Crippen molar-refractivity contribution in [3.8, 4) is 0 Å². The van der Waals surface area contributed by atoms with Crippen molar-refractivity contribution >= 4 is 6.09 Å². The highest BCUT2D eigenvalue weighted by molar-refractivity contribution is 5.67. The Bertz CT molecular complexity index is 361. The van der Waals surface area contributed by atoms with Crippen LogP contribution in [-0.4, -0.2) is 18.2 Å². The van der Waals surface area contributed by atoms with E-state index < -0.39 is 11.6 Å². The molecule has 0 saturated heterocycles. The van der Waals surface area contributed by atoms with Crippen LogP contribution < -0.4 is 11.1 Å². The quantitative estimate of drug-likeness (QED) is 0.815. The first-order valence-electron chi connectivity index (χ1n) is 6.33. The van der Waals surface area contributed by atoms with Crippen LogP contribution in [0.25, 0.3) is 0 Å². The van der Waals surface area contributed by atoms with Gasteiger partial charge in [0.2, 0.25) is 0 Å². The molecule has 1 aromatic carbocycles. The lowest BCUT2D eigenvalue weighted by Crippen LogP contribution is -2.44. The van der Waals surface area contributed by atoms with E-state index in [1.54, 1.807) is 0 Å². The van der Waals surface area contributed by atoms with Crippen LogP contribution in [0.5, 0.6) is 0 Å². The van der Waals surface area contributed by atoms with Crippen molar-refractivity contribution in [2.45, 2.75) is 38.8 Å². The molecule has 4 heteroatoms. The fraction of sp³-hybridized carbons (Fsp3) is 0.500. The number of nitrogens with two attached hydrogens (primary N) is 1. The van der Waals surface area contributed by atoms with E-state index in [9.17, 15) is 4.79 Å². The number of alkyl carbamates (subject to hydrolysis) is 1. The Kier molecular flexibility index (Phi) is 5.65. The first-order valence-corrected chi connectivity index (χ1v) is 6.33. The molecule has 0 saturated carbocycles. The zero-order valence-electron chi connectivity index (χ0n) is 11.1. The minimum Gasteiger partial charge on any atom is -0.448 e. The predicted molar refractivity (Wildman–Crippen MR) is 72.1 cm³/mol. The Balaban J connectivity index is 2.30. The standard InChI is InChI=1S/C14H22N2O2/c1-3-14(15,4-2)11-18-13(17)16-10-12-8-6-5-7-9-12/h5-9H,3-4,10-11,15H2,1-2H3,(H,16,17). The Morgan fingerprint density at radius 3 is 2.44 bits per heavy atom. The van der Waals surface area contributed by atoms with Gasteiger partial charge < -0.3 is 15.8 Å².